The average molecular weight is 536 g/mol. The topological polar surface area (TPSA) is 83.1 Å². The van der Waals surface area contributed by atoms with E-state index in [2.05, 4.69) is 24.1 Å². The summed E-state index contributed by atoms with van der Waals surface area (Å²) in [4.78, 5) is 24.0. The van der Waals surface area contributed by atoms with Crippen LogP contribution in [0.15, 0.2) is 60.7 Å². The van der Waals surface area contributed by atoms with Gasteiger partial charge in [0.1, 0.15) is 31.0 Å². The van der Waals surface area contributed by atoms with Crippen molar-refractivity contribution in [1.29, 1.82) is 0 Å². The molecule has 0 saturated carbocycles. The summed E-state index contributed by atoms with van der Waals surface area (Å²) in [5.74, 6) is 5.84. The van der Waals surface area contributed by atoms with Gasteiger partial charge in [0.15, 0.2) is 0 Å². The third-order valence-corrected chi connectivity index (χ3v) is 6.48. The second-order valence-corrected chi connectivity index (χ2v) is 9.78. The third-order valence-electron chi connectivity index (χ3n) is 6.48. The Morgan fingerprint density at radius 1 is 0.872 bits per heavy atom. The number of amides is 1. The van der Waals surface area contributed by atoms with Crippen LogP contribution in [-0.4, -0.2) is 48.9 Å². The van der Waals surface area contributed by atoms with Gasteiger partial charge >= 0.3 is 5.97 Å². The lowest BCUT2D eigenvalue weighted by Crippen LogP contribution is -2.65. The molecular weight excluding hydrogens is 494 g/mol. The van der Waals surface area contributed by atoms with Crippen LogP contribution in [0.1, 0.15) is 64.0 Å². The van der Waals surface area contributed by atoms with E-state index < -0.39 is 36.4 Å². The highest BCUT2D eigenvalue weighted by molar-refractivity contribution is 5.73. The van der Waals surface area contributed by atoms with Gasteiger partial charge < -0.3 is 24.3 Å². The van der Waals surface area contributed by atoms with Crippen molar-refractivity contribution in [2.45, 2.75) is 96.5 Å². The molecule has 3 rings (SSSR count). The Labute approximate surface area is 232 Å². The smallest absolute Gasteiger partial charge is 0.302 e. The van der Waals surface area contributed by atoms with Crippen molar-refractivity contribution in [2.24, 2.45) is 0 Å². The molecule has 1 aliphatic rings. The minimum absolute atomic E-state index is 0.0124. The molecule has 7 heteroatoms. The van der Waals surface area contributed by atoms with Crippen molar-refractivity contribution in [3.05, 3.63) is 71.8 Å². The largest absolute Gasteiger partial charge is 0.463 e. The van der Waals surface area contributed by atoms with E-state index in [1.54, 1.807) is 0 Å². The van der Waals surface area contributed by atoms with E-state index in [9.17, 15) is 9.59 Å². The van der Waals surface area contributed by atoms with E-state index in [1.165, 1.54) is 20.3 Å². The molecule has 1 saturated heterocycles. The lowest BCUT2D eigenvalue weighted by Gasteiger charge is -2.45. The van der Waals surface area contributed by atoms with Crippen LogP contribution in [0, 0.1) is 11.8 Å². The zero-order chi connectivity index (χ0) is 27.9. The SMILES string of the molecule is CCCCCCC#C[C@H]1O[C@H](COC(C)=O)[C@H](OCc2ccccc2)[C@H](OCc2ccccc2)[C@H]1NC(C)=O. The van der Waals surface area contributed by atoms with Crippen LogP contribution in [0.3, 0.4) is 0 Å². The Morgan fingerprint density at radius 2 is 1.49 bits per heavy atom. The van der Waals surface area contributed by atoms with Gasteiger partial charge in [-0.25, -0.2) is 0 Å². The summed E-state index contributed by atoms with van der Waals surface area (Å²) in [6.45, 7) is 5.60. The first-order valence-corrected chi connectivity index (χ1v) is 13.8. The number of nitrogens with one attached hydrogen (secondary N) is 1. The van der Waals surface area contributed by atoms with Crippen molar-refractivity contribution < 1.29 is 28.5 Å². The van der Waals surface area contributed by atoms with Gasteiger partial charge in [-0.2, -0.15) is 0 Å². The summed E-state index contributed by atoms with van der Waals surface area (Å²) in [6, 6.07) is 19.0. The summed E-state index contributed by atoms with van der Waals surface area (Å²) >= 11 is 0. The summed E-state index contributed by atoms with van der Waals surface area (Å²) in [6.07, 6.45) is 2.68. The molecule has 1 aliphatic heterocycles. The van der Waals surface area contributed by atoms with Gasteiger partial charge in [0.2, 0.25) is 5.91 Å². The maximum absolute atomic E-state index is 12.3. The van der Waals surface area contributed by atoms with Crippen LogP contribution < -0.4 is 5.32 Å². The predicted molar refractivity (Wildman–Crippen MR) is 149 cm³/mol. The van der Waals surface area contributed by atoms with Gasteiger partial charge in [-0.05, 0) is 17.5 Å². The summed E-state index contributed by atoms with van der Waals surface area (Å²) < 4.78 is 24.7. The Bertz CT molecular complexity index is 1060. The second-order valence-electron chi connectivity index (χ2n) is 9.78. The van der Waals surface area contributed by atoms with Gasteiger partial charge in [0.25, 0.3) is 0 Å². The van der Waals surface area contributed by atoms with Crippen molar-refractivity contribution in [2.75, 3.05) is 6.61 Å². The minimum atomic E-state index is -0.655. The van der Waals surface area contributed by atoms with Gasteiger partial charge in [-0.1, -0.05) is 92.8 Å². The molecule has 0 bridgehead atoms. The van der Waals surface area contributed by atoms with Gasteiger partial charge in [-0.15, -0.1) is 5.92 Å². The molecule has 0 aliphatic carbocycles. The van der Waals surface area contributed by atoms with Crippen LogP contribution in [0.5, 0.6) is 0 Å². The van der Waals surface area contributed by atoms with Crippen molar-refractivity contribution >= 4 is 11.9 Å². The van der Waals surface area contributed by atoms with E-state index in [1.807, 2.05) is 60.7 Å². The minimum Gasteiger partial charge on any atom is -0.463 e. The molecule has 2 aromatic carbocycles. The van der Waals surface area contributed by atoms with Crippen LogP contribution in [0.2, 0.25) is 0 Å². The molecule has 1 fully saturated rings. The number of hydrogen-bond acceptors (Lipinski definition) is 6. The number of benzene rings is 2. The fourth-order valence-electron chi connectivity index (χ4n) is 4.54. The zero-order valence-corrected chi connectivity index (χ0v) is 23.3. The third kappa shape index (κ3) is 10.5. The monoisotopic (exact) mass is 535 g/mol. The lowest BCUT2D eigenvalue weighted by molar-refractivity contribution is -0.221. The average Bonchev–Trinajstić information content (AvgIpc) is 2.93. The number of ether oxygens (including phenoxy) is 4. The Morgan fingerprint density at radius 3 is 2.05 bits per heavy atom. The number of carbonyl (C=O) groups excluding carboxylic acids is 2. The highest BCUT2D eigenvalue weighted by Gasteiger charge is 2.48. The summed E-state index contributed by atoms with van der Waals surface area (Å²) in [5.41, 5.74) is 1.97. The van der Waals surface area contributed by atoms with E-state index in [0.717, 1.165) is 36.8 Å². The molecule has 7 nitrogen and oxygen atoms in total. The molecule has 1 N–H and O–H groups in total. The number of unbranched alkanes of at least 4 members (excludes halogenated alkanes) is 4. The predicted octanol–water partition coefficient (Wildman–Crippen LogP) is 4.97. The molecular formula is C32H41NO6. The first-order chi connectivity index (χ1) is 19.0. The molecule has 1 amide bonds. The van der Waals surface area contributed by atoms with E-state index in [0.29, 0.717) is 13.2 Å². The van der Waals surface area contributed by atoms with Crippen molar-refractivity contribution in [3.63, 3.8) is 0 Å². The molecule has 0 unspecified atom stereocenters. The van der Waals surface area contributed by atoms with Crippen LogP contribution in [-0.2, 0) is 41.8 Å². The van der Waals surface area contributed by atoms with Crippen LogP contribution in [0.25, 0.3) is 0 Å². The maximum Gasteiger partial charge on any atom is 0.302 e. The fraction of sp³-hybridized carbons (Fsp3) is 0.500. The zero-order valence-electron chi connectivity index (χ0n) is 23.3. The summed E-state index contributed by atoms with van der Waals surface area (Å²) in [7, 11) is 0. The number of carbonyl (C=O) groups is 2. The fourth-order valence-corrected chi connectivity index (χ4v) is 4.54. The Kier molecular flexibility index (Phi) is 13.0. The Balaban J connectivity index is 1.90. The van der Waals surface area contributed by atoms with E-state index in [-0.39, 0.29) is 12.5 Å². The number of rotatable bonds is 13. The molecule has 5 atom stereocenters. The van der Waals surface area contributed by atoms with Gasteiger partial charge in [0.05, 0.1) is 19.3 Å². The highest BCUT2D eigenvalue weighted by atomic mass is 16.6. The van der Waals surface area contributed by atoms with Gasteiger partial charge in [-0.3, -0.25) is 9.59 Å². The quantitative estimate of drug-likeness (QED) is 0.222. The van der Waals surface area contributed by atoms with Crippen LogP contribution in [0.4, 0.5) is 0 Å². The molecule has 2 aromatic rings. The van der Waals surface area contributed by atoms with Crippen LogP contribution >= 0.6 is 0 Å². The maximum atomic E-state index is 12.3. The molecule has 39 heavy (non-hydrogen) atoms. The van der Waals surface area contributed by atoms with Gasteiger partial charge in [0, 0.05) is 20.3 Å². The summed E-state index contributed by atoms with van der Waals surface area (Å²) in [5, 5.41) is 3.01. The van der Waals surface area contributed by atoms with E-state index in [4.69, 9.17) is 18.9 Å². The number of esters is 1. The standard InChI is InChI=1S/C32H41NO6/c1-4-5-6-7-8-15-20-28-30(33-24(2)34)32(38-22-27-18-13-10-14-19-27)31(29(39-28)23-36-25(3)35)37-21-26-16-11-9-12-17-26/h9-14,16-19,28-32H,4-8,21-23H2,1-3H3,(H,33,34)/t28-,29-,30+,31+,32-/m1/s1. The molecule has 210 valence electrons. The second kappa shape index (κ2) is 16.7. The lowest BCUT2D eigenvalue weighted by atomic mass is 9.92. The van der Waals surface area contributed by atoms with Crippen molar-refractivity contribution in [3.8, 4) is 11.8 Å². The van der Waals surface area contributed by atoms with E-state index >= 15 is 0 Å². The Hall–Kier alpha value is -3.18. The molecule has 0 radical (unpaired) electrons. The highest BCUT2D eigenvalue weighted by Crippen LogP contribution is 2.28. The van der Waals surface area contributed by atoms with Crippen molar-refractivity contribution in [1.82, 2.24) is 5.32 Å². The first-order valence-electron chi connectivity index (χ1n) is 13.8. The molecule has 0 aromatic heterocycles. The first kappa shape index (κ1) is 30.4. The number of hydrogen-bond donors (Lipinski definition) is 1. The molecule has 0 spiro atoms. The normalized spacial score (nSPS) is 22.4. The molecule has 1 heterocycles.